The number of carbonyl (C=O) groups excluding carboxylic acids is 1. The third kappa shape index (κ3) is 2.50. The van der Waals surface area contributed by atoms with Crippen LogP contribution in [-0.2, 0) is 11.2 Å². The second-order valence-electron chi connectivity index (χ2n) is 5.30. The van der Waals surface area contributed by atoms with Crippen molar-refractivity contribution >= 4 is 5.91 Å². The zero-order valence-corrected chi connectivity index (χ0v) is 10.5. The first-order valence-electron chi connectivity index (χ1n) is 6.12. The van der Waals surface area contributed by atoms with Crippen LogP contribution in [0.1, 0.15) is 19.4 Å². The van der Waals surface area contributed by atoms with Crippen LogP contribution in [0.5, 0.6) is 0 Å². The van der Waals surface area contributed by atoms with Gasteiger partial charge in [-0.25, -0.2) is 0 Å². The van der Waals surface area contributed by atoms with Gasteiger partial charge in [0.1, 0.15) is 0 Å². The molecule has 1 heterocycles. The first kappa shape index (κ1) is 12.1. The molecule has 1 aromatic carbocycles. The summed E-state index contributed by atoms with van der Waals surface area (Å²) < 4.78 is 0. The monoisotopic (exact) mass is 232 g/mol. The van der Waals surface area contributed by atoms with Gasteiger partial charge in [0.15, 0.2) is 0 Å². The first-order valence-corrected chi connectivity index (χ1v) is 6.12. The number of benzene rings is 1. The smallest absolute Gasteiger partial charge is 0.227 e. The molecule has 1 amide bonds. The molecule has 1 aromatic rings. The molecule has 1 aliphatic rings. The van der Waals surface area contributed by atoms with Crippen LogP contribution in [0.3, 0.4) is 0 Å². The highest BCUT2D eigenvalue weighted by Crippen LogP contribution is 2.26. The second kappa shape index (κ2) is 4.49. The molecule has 0 radical (unpaired) electrons. The van der Waals surface area contributed by atoms with Crippen LogP contribution >= 0.6 is 0 Å². The summed E-state index contributed by atoms with van der Waals surface area (Å²) in [7, 11) is 0. The molecule has 17 heavy (non-hydrogen) atoms. The zero-order chi connectivity index (χ0) is 12.5. The Morgan fingerprint density at radius 1 is 1.35 bits per heavy atom. The second-order valence-corrected chi connectivity index (χ2v) is 5.30. The molecular weight excluding hydrogens is 212 g/mol. The lowest BCUT2D eigenvalue weighted by atomic mass is 9.80. The number of amides is 1. The van der Waals surface area contributed by atoms with E-state index in [1.54, 1.807) is 0 Å². The third-order valence-electron chi connectivity index (χ3n) is 3.67. The summed E-state index contributed by atoms with van der Waals surface area (Å²) >= 11 is 0. The number of hydrogen-bond acceptors (Lipinski definition) is 2. The Morgan fingerprint density at radius 2 is 1.94 bits per heavy atom. The van der Waals surface area contributed by atoms with Gasteiger partial charge in [0.05, 0.1) is 12.0 Å². The Labute approximate surface area is 103 Å². The highest BCUT2D eigenvalue weighted by Gasteiger charge is 2.43. The Morgan fingerprint density at radius 3 is 2.47 bits per heavy atom. The summed E-state index contributed by atoms with van der Waals surface area (Å²) in [6.07, 6.45) is 0.481. The van der Waals surface area contributed by atoms with E-state index < -0.39 is 0 Å². The molecular formula is C14H20N2O. The third-order valence-corrected chi connectivity index (χ3v) is 3.67. The SMILES string of the molecule is CC(C)C1(N)CN(C(=O)Cc2ccccc2)C1. The van der Waals surface area contributed by atoms with Gasteiger partial charge < -0.3 is 10.6 Å². The average Bonchev–Trinajstić information content (AvgIpc) is 2.25. The van der Waals surface area contributed by atoms with E-state index in [-0.39, 0.29) is 11.4 Å². The average molecular weight is 232 g/mol. The van der Waals surface area contributed by atoms with E-state index >= 15 is 0 Å². The predicted molar refractivity (Wildman–Crippen MR) is 68.5 cm³/mol. The molecule has 0 aromatic heterocycles. The Bertz CT molecular complexity index is 394. The molecule has 92 valence electrons. The molecule has 2 rings (SSSR count). The topological polar surface area (TPSA) is 46.3 Å². The van der Waals surface area contributed by atoms with Gasteiger partial charge in [-0.05, 0) is 11.5 Å². The van der Waals surface area contributed by atoms with Gasteiger partial charge in [0.25, 0.3) is 0 Å². The Balaban J connectivity index is 1.88. The maximum Gasteiger partial charge on any atom is 0.227 e. The summed E-state index contributed by atoms with van der Waals surface area (Å²) in [5.41, 5.74) is 7.07. The van der Waals surface area contributed by atoms with Gasteiger partial charge in [-0.1, -0.05) is 44.2 Å². The van der Waals surface area contributed by atoms with Crippen molar-refractivity contribution in [2.75, 3.05) is 13.1 Å². The van der Waals surface area contributed by atoms with E-state index in [9.17, 15) is 4.79 Å². The fourth-order valence-electron chi connectivity index (χ4n) is 2.09. The van der Waals surface area contributed by atoms with Crippen molar-refractivity contribution in [1.82, 2.24) is 4.90 Å². The zero-order valence-electron chi connectivity index (χ0n) is 10.5. The van der Waals surface area contributed by atoms with E-state index in [1.165, 1.54) is 0 Å². The maximum absolute atomic E-state index is 12.0. The van der Waals surface area contributed by atoms with Crippen LogP contribution in [-0.4, -0.2) is 29.4 Å². The summed E-state index contributed by atoms with van der Waals surface area (Å²) in [5.74, 6) is 0.598. The van der Waals surface area contributed by atoms with Crippen molar-refractivity contribution in [3.8, 4) is 0 Å². The lowest BCUT2D eigenvalue weighted by molar-refractivity contribution is -0.139. The number of nitrogens with two attached hydrogens (primary N) is 1. The lowest BCUT2D eigenvalue weighted by Crippen LogP contribution is -2.71. The van der Waals surface area contributed by atoms with Gasteiger partial charge in [0.2, 0.25) is 5.91 Å². The lowest BCUT2D eigenvalue weighted by Gasteiger charge is -2.50. The van der Waals surface area contributed by atoms with Crippen LogP contribution in [0.25, 0.3) is 0 Å². The normalized spacial score (nSPS) is 18.0. The molecule has 1 saturated heterocycles. The molecule has 0 aliphatic carbocycles. The molecule has 0 bridgehead atoms. The van der Waals surface area contributed by atoms with Crippen molar-refractivity contribution in [3.63, 3.8) is 0 Å². The number of nitrogens with zero attached hydrogens (tertiary/aromatic N) is 1. The van der Waals surface area contributed by atoms with Crippen molar-refractivity contribution < 1.29 is 4.79 Å². The van der Waals surface area contributed by atoms with Crippen LogP contribution in [0.15, 0.2) is 30.3 Å². The number of carbonyl (C=O) groups is 1. The molecule has 3 nitrogen and oxygen atoms in total. The molecule has 2 N–H and O–H groups in total. The first-order chi connectivity index (χ1) is 8.01. The number of likely N-dealkylation sites (tertiary alicyclic amines) is 1. The predicted octanol–water partition coefficient (Wildman–Crippen LogP) is 1.42. The molecule has 0 saturated carbocycles. The molecule has 0 atom stereocenters. The fourth-order valence-corrected chi connectivity index (χ4v) is 2.09. The minimum atomic E-state index is -0.174. The van der Waals surface area contributed by atoms with Crippen LogP contribution < -0.4 is 5.73 Å². The van der Waals surface area contributed by atoms with E-state index in [1.807, 2.05) is 35.2 Å². The molecule has 1 fully saturated rings. The van der Waals surface area contributed by atoms with E-state index in [2.05, 4.69) is 13.8 Å². The quantitative estimate of drug-likeness (QED) is 0.857. The van der Waals surface area contributed by atoms with Gasteiger partial charge in [-0.2, -0.15) is 0 Å². The highest BCUT2D eigenvalue weighted by molar-refractivity contribution is 5.80. The summed E-state index contributed by atoms with van der Waals surface area (Å²) in [4.78, 5) is 13.8. The Hall–Kier alpha value is -1.35. The minimum Gasteiger partial charge on any atom is -0.339 e. The fraction of sp³-hybridized carbons (Fsp3) is 0.500. The largest absolute Gasteiger partial charge is 0.339 e. The molecule has 3 heteroatoms. The van der Waals surface area contributed by atoms with Crippen molar-refractivity contribution in [2.45, 2.75) is 25.8 Å². The summed E-state index contributed by atoms with van der Waals surface area (Å²) in [6.45, 7) is 5.60. The van der Waals surface area contributed by atoms with Gasteiger partial charge in [0, 0.05) is 13.1 Å². The Kier molecular flexibility index (Phi) is 3.20. The van der Waals surface area contributed by atoms with E-state index in [4.69, 9.17) is 5.73 Å². The molecule has 1 aliphatic heterocycles. The standard InChI is InChI=1S/C14H20N2O/c1-11(2)14(15)9-16(10-14)13(17)8-12-6-4-3-5-7-12/h3-7,11H,8-10,15H2,1-2H3. The van der Waals surface area contributed by atoms with Crippen LogP contribution in [0.2, 0.25) is 0 Å². The minimum absolute atomic E-state index is 0.174. The van der Waals surface area contributed by atoms with Crippen molar-refractivity contribution in [2.24, 2.45) is 11.7 Å². The molecule has 0 unspecified atom stereocenters. The van der Waals surface area contributed by atoms with Crippen LogP contribution in [0.4, 0.5) is 0 Å². The van der Waals surface area contributed by atoms with Crippen molar-refractivity contribution in [3.05, 3.63) is 35.9 Å². The van der Waals surface area contributed by atoms with Crippen molar-refractivity contribution in [1.29, 1.82) is 0 Å². The van der Waals surface area contributed by atoms with Gasteiger partial charge in [-0.3, -0.25) is 4.79 Å². The van der Waals surface area contributed by atoms with Gasteiger partial charge >= 0.3 is 0 Å². The number of hydrogen-bond donors (Lipinski definition) is 1. The highest BCUT2D eigenvalue weighted by atomic mass is 16.2. The van der Waals surface area contributed by atoms with E-state index in [0.29, 0.717) is 25.4 Å². The summed E-state index contributed by atoms with van der Waals surface area (Å²) in [6, 6.07) is 9.84. The number of rotatable bonds is 3. The summed E-state index contributed by atoms with van der Waals surface area (Å²) in [5, 5.41) is 0. The van der Waals surface area contributed by atoms with Gasteiger partial charge in [-0.15, -0.1) is 0 Å². The molecule has 0 spiro atoms. The van der Waals surface area contributed by atoms with Crippen LogP contribution in [0, 0.1) is 5.92 Å². The van der Waals surface area contributed by atoms with E-state index in [0.717, 1.165) is 5.56 Å². The maximum atomic E-state index is 12.0.